The van der Waals surface area contributed by atoms with E-state index in [4.69, 9.17) is 4.74 Å². The molecular formula is C19H23ClFN3O2. The second-order valence-corrected chi connectivity index (χ2v) is 6.02. The van der Waals surface area contributed by atoms with Crippen LogP contribution in [0, 0.1) is 5.82 Å². The summed E-state index contributed by atoms with van der Waals surface area (Å²) in [6.07, 6.45) is 0. The molecule has 140 valence electrons. The Balaban J connectivity index is 0.00000243. The fourth-order valence-corrected chi connectivity index (χ4v) is 3.04. The lowest BCUT2D eigenvalue weighted by Gasteiger charge is -2.36. The molecular weight excluding hydrogens is 357 g/mol. The molecule has 5 nitrogen and oxygen atoms in total. The van der Waals surface area contributed by atoms with Gasteiger partial charge in [0, 0.05) is 31.4 Å². The molecule has 1 aliphatic rings. The molecule has 0 radical (unpaired) electrons. The van der Waals surface area contributed by atoms with Gasteiger partial charge in [-0.15, -0.1) is 12.4 Å². The second-order valence-electron chi connectivity index (χ2n) is 6.02. The van der Waals surface area contributed by atoms with Gasteiger partial charge in [-0.3, -0.25) is 9.69 Å². The van der Waals surface area contributed by atoms with Crippen molar-refractivity contribution in [2.75, 3.05) is 38.6 Å². The summed E-state index contributed by atoms with van der Waals surface area (Å²) in [6.45, 7) is 2.49. The molecule has 1 atom stereocenters. The van der Waals surface area contributed by atoms with Crippen LogP contribution in [0.1, 0.15) is 11.6 Å². The highest BCUT2D eigenvalue weighted by Gasteiger charge is 2.25. The number of ether oxygens (including phenoxy) is 1. The molecule has 2 aromatic carbocycles. The van der Waals surface area contributed by atoms with E-state index in [1.54, 1.807) is 37.4 Å². The lowest BCUT2D eigenvalue weighted by molar-refractivity contribution is -0.118. The van der Waals surface area contributed by atoms with Crippen LogP contribution in [0.2, 0.25) is 0 Å². The molecule has 3 rings (SSSR count). The first kappa shape index (κ1) is 20.2. The minimum absolute atomic E-state index is 0. The van der Waals surface area contributed by atoms with Crippen LogP contribution in [-0.2, 0) is 4.79 Å². The number of anilines is 1. The highest BCUT2D eigenvalue weighted by molar-refractivity contribution is 5.92. The van der Waals surface area contributed by atoms with Gasteiger partial charge < -0.3 is 15.4 Å². The smallest absolute Gasteiger partial charge is 0.238 e. The van der Waals surface area contributed by atoms with Crippen molar-refractivity contribution >= 4 is 24.0 Å². The SMILES string of the molecule is COc1ccc(NC(=O)CN2CCNCC2c2cccc(F)c2)cc1.Cl. The van der Waals surface area contributed by atoms with Crippen LogP contribution >= 0.6 is 12.4 Å². The number of hydrogen-bond acceptors (Lipinski definition) is 4. The van der Waals surface area contributed by atoms with Crippen molar-refractivity contribution in [2.24, 2.45) is 0 Å². The van der Waals surface area contributed by atoms with Crippen LogP contribution in [0.3, 0.4) is 0 Å². The Hall–Kier alpha value is -2.15. The zero-order valence-corrected chi connectivity index (χ0v) is 15.4. The molecule has 2 aromatic rings. The summed E-state index contributed by atoms with van der Waals surface area (Å²) in [4.78, 5) is 14.5. The van der Waals surface area contributed by atoms with Crippen LogP contribution in [0.4, 0.5) is 10.1 Å². The highest BCUT2D eigenvalue weighted by Crippen LogP contribution is 2.23. The Morgan fingerprint density at radius 3 is 2.77 bits per heavy atom. The van der Waals surface area contributed by atoms with Gasteiger partial charge in [0.2, 0.25) is 5.91 Å². The van der Waals surface area contributed by atoms with Crippen molar-refractivity contribution in [1.82, 2.24) is 10.2 Å². The van der Waals surface area contributed by atoms with Crippen LogP contribution < -0.4 is 15.4 Å². The van der Waals surface area contributed by atoms with Crippen molar-refractivity contribution in [3.63, 3.8) is 0 Å². The topological polar surface area (TPSA) is 53.6 Å². The standard InChI is InChI=1S/C19H22FN3O2.ClH/c1-25-17-7-5-16(6-8-17)22-19(24)13-23-10-9-21-12-18(23)14-3-2-4-15(20)11-14;/h2-8,11,18,21H,9-10,12-13H2,1H3,(H,22,24);1H. The third-order valence-corrected chi connectivity index (χ3v) is 4.31. The van der Waals surface area contributed by atoms with Gasteiger partial charge in [0.15, 0.2) is 0 Å². The third-order valence-electron chi connectivity index (χ3n) is 4.31. The number of methoxy groups -OCH3 is 1. The molecule has 1 fully saturated rings. The predicted molar refractivity (Wildman–Crippen MR) is 102 cm³/mol. The summed E-state index contributed by atoms with van der Waals surface area (Å²) in [5.74, 6) is 0.394. The van der Waals surface area contributed by atoms with E-state index >= 15 is 0 Å². The minimum atomic E-state index is -0.259. The van der Waals surface area contributed by atoms with Gasteiger partial charge in [0.25, 0.3) is 0 Å². The second kappa shape index (κ2) is 9.52. The Morgan fingerprint density at radius 2 is 2.08 bits per heavy atom. The normalized spacial score (nSPS) is 17.2. The Labute approximate surface area is 158 Å². The Morgan fingerprint density at radius 1 is 1.31 bits per heavy atom. The van der Waals surface area contributed by atoms with Crippen LogP contribution in [0.15, 0.2) is 48.5 Å². The first-order chi connectivity index (χ1) is 12.2. The molecule has 1 amide bonds. The number of piperazine rings is 1. The number of benzene rings is 2. The molecule has 1 saturated heterocycles. The molecule has 1 unspecified atom stereocenters. The molecule has 2 N–H and O–H groups in total. The van der Waals surface area contributed by atoms with Crippen LogP contribution in [0.5, 0.6) is 5.75 Å². The van der Waals surface area contributed by atoms with Gasteiger partial charge in [0.1, 0.15) is 11.6 Å². The van der Waals surface area contributed by atoms with Crippen molar-refractivity contribution in [1.29, 1.82) is 0 Å². The Bertz CT molecular complexity index is 727. The monoisotopic (exact) mass is 379 g/mol. The number of nitrogens with zero attached hydrogens (tertiary/aromatic N) is 1. The molecule has 1 heterocycles. The van der Waals surface area contributed by atoms with Gasteiger partial charge in [-0.1, -0.05) is 12.1 Å². The molecule has 26 heavy (non-hydrogen) atoms. The quantitative estimate of drug-likeness (QED) is 0.838. The average molecular weight is 380 g/mol. The van der Waals surface area contributed by atoms with E-state index in [0.29, 0.717) is 6.54 Å². The first-order valence-corrected chi connectivity index (χ1v) is 8.30. The van der Waals surface area contributed by atoms with Crippen molar-refractivity contribution in [2.45, 2.75) is 6.04 Å². The van der Waals surface area contributed by atoms with Crippen molar-refractivity contribution < 1.29 is 13.9 Å². The summed E-state index contributed by atoms with van der Waals surface area (Å²) in [6, 6.07) is 13.8. The van der Waals surface area contributed by atoms with E-state index in [1.165, 1.54) is 12.1 Å². The summed E-state index contributed by atoms with van der Waals surface area (Å²) >= 11 is 0. The molecule has 0 aromatic heterocycles. The van der Waals surface area contributed by atoms with E-state index in [9.17, 15) is 9.18 Å². The van der Waals surface area contributed by atoms with Gasteiger partial charge in [0.05, 0.1) is 13.7 Å². The van der Waals surface area contributed by atoms with E-state index in [1.807, 2.05) is 6.07 Å². The lowest BCUT2D eigenvalue weighted by Crippen LogP contribution is -2.48. The maximum atomic E-state index is 13.5. The zero-order valence-electron chi connectivity index (χ0n) is 14.6. The Kier molecular flexibility index (Phi) is 7.38. The van der Waals surface area contributed by atoms with Gasteiger partial charge >= 0.3 is 0 Å². The average Bonchev–Trinajstić information content (AvgIpc) is 2.63. The van der Waals surface area contributed by atoms with Gasteiger partial charge in [-0.05, 0) is 42.0 Å². The molecule has 7 heteroatoms. The maximum absolute atomic E-state index is 13.5. The van der Waals surface area contributed by atoms with Crippen LogP contribution in [-0.4, -0.2) is 44.1 Å². The predicted octanol–water partition coefficient (Wildman–Crippen LogP) is 2.84. The number of halogens is 2. The van der Waals surface area contributed by atoms with E-state index < -0.39 is 0 Å². The fraction of sp³-hybridized carbons (Fsp3) is 0.316. The number of amides is 1. The number of hydrogen-bond donors (Lipinski definition) is 2. The van der Waals surface area contributed by atoms with E-state index in [0.717, 1.165) is 30.1 Å². The maximum Gasteiger partial charge on any atom is 0.238 e. The number of carbonyl (C=O) groups is 1. The summed E-state index contributed by atoms with van der Waals surface area (Å²) in [5.41, 5.74) is 1.60. The number of carbonyl (C=O) groups excluding carboxylic acids is 1. The van der Waals surface area contributed by atoms with E-state index in [2.05, 4.69) is 15.5 Å². The fourth-order valence-electron chi connectivity index (χ4n) is 3.04. The third kappa shape index (κ3) is 5.17. The minimum Gasteiger partial charge on any atom is -0.497 e. The van der Waals surface area contributed by atoms with Crippen molar-refractivity contribution in [3.05, 3.63) is 59.9 Å². The molecule has 0 aliphatic carbocycles. The van der Waals surface area contributed by atoms with Crippen molar-refractivity contribution in [3.8, 4) is 5.75 Å². The zero-order chi connectivity index (χ0) is 17.6. The summed E-state index contributed by atoms with van der Waals surface area (Å²) in [5, 5.41) is 6.20. The molecule has 1 aliphatic heterocycles. The van der Waals surface area contributed by atoms with Gasteiger partial charge in [-0.2, -0.15) is 0 Å². The number of nitrogens with one attached hydrogen (secondary N) is 2. The number of rotatable bonds is 5. The highest BCUT2D eigenvalue weighted by atomic mass is 35.5. The molecule has 0 bridgehead atoms. The first-order valence-electron chi connectivity index (χ1n) is 8.30. The molecule has 0 spiro atoms. The lowest BCUT2D eigenvalue weighted by atomic mass is 10.0. The van der Waals surface area contributed by atoms with Crippen LogP contribution in [0.25, 0.3) is 0 Å². The van der Waals surface area contributed by atoms with Gasteiger partial charge in [-0.25, -0.2) is 4.39 Å². The van der Waals surface area contributed by atoms with E-state index in [-0.39, 0.29) is 36.7 Å². The summed E-state index contributed by atoms with van der Waals surface area (Å²) < 4.78 is 18.6. The largest absolute Gasteiger partial charge is 0.497 e. The molecule has 0 saturated carbocycles. The summed E-state index contributed by atoms with van der Waals surface area (Å²) in [7, 11) is 1.60.